The SMILES string of the molecule is C[C@@H](/C=C/CC(=O)N1Cc2ccccc2C[C@H]1CO)[C@]1(O)C(=O)N(Cc2ccc(N3CCCCC3=O)cc2)c2ccc(Br)cc21. The normalized spacial score (nSPS) is 22.1. The molecule has 3 heterocycles. The lowest BCUT2D eigenvalue weighted by atomic mass is 9.83. The van der Waals surface area contributed by atoms with Gasteiger partial charge in [-0.15, -0.1) is 0 Å². The molecule has 234 valence electrons. The molecule has 45 heavy (non-hydrogen) atoms. The van der Waals surface area contributed by atoms with E-state index in [4.69, 9.17) is 0 Å². The van der Waals surface area contributed by atoms with Crippen LogP contribution in [0.25, 0.3) is 0 Å². The zero-order chi connectivity index (χ0) is 31.7. The van der Waals surface area contributed by atoms with Gasteiger partial charge in [-0.05, 0) is 66.3 Å². The Morgan fingerprint density at radius 1 is 1.07 bits per heavy atom. The third kappa shape index (κ3) is 5.96. The van der Waals surface area contributed by atoms with Crippen LogP contribution in [0.2, 0.25) is 0 Å². The van der Waals surface area contributed by atoms with Gasteiger partial charge in [0, 0.05) is 47.6 Å². The Balaban J connectivity index is 1.18. The van der Waals surface area contributed by atoms with Gasteiger partial charge in [0.25, 0.3) is 5.91 Å². The van der Waals surface area contributed by atoms with Crippen LogP contribution in [0.15, 0.2) is 83.4 Å². The van der Waals surface area contributed by atoms with E-state index in [1.807, 2.05) is 65.6 Å². The first-order chi connectivity index (χ1) is 21.7. The van der Waals surface area contributed by atoms with Crippen LogP contribution < -0.4 is 9.80 Å². The van der Waals surface area contributed by atoms with Gasteiger partial charge >= 0.3 is 0 Å². The Kier molecular flexibility index (Phi) is 8.95. The van der Waals surface area contributed by atoms with Gasteiger partial charge in [0.05, 0.1) is 24.9 Å². The standard InChI is InChI=1S/C36H38BrN3O5/c1-24(7-6-11-34(43)39-22-27-9-3-2-8-26(27)19-30(39)23-41)36(45)31-20-28(37)14-17-32(31)40(35(36)44)21-25-12-15-29(16-13-25)38-18-5-4-10-33(38)42/h2-3,6-9,12-17,20,24,30,41,45H,4-5,10-11,18-19,21-23H2,1H3/b7-6+/t24-,30-,36+/m0/s1. The summed E-state index contributed by atoms with van der Waals surface area (Å²) in [7, 11) is 0. The molecular formula is C36H38BrN3O5. The maximum absolute atomic E-state index is 14.0. The van der Waals surface area contributed by atoms with Gasteiger partial charge in [0.1, 0.15) is 0 Å². The highest BCUT2D eigenvalue weighted by atomic mass is 79.9. The molecule has 6 rings (SSSR count). The van der Waals surface area contributed by atoms with Crippen molar-refractivity contribution in [3.05, 3.63) is 106 Å². The summed E-state index contributed by atoms with van der Waals surface area (Å²) in [5.41, 5.74) is 3.28. The molecule has 3 aromatic rings. The number of aliphatic hydroxyl groups excluding tert-OH is 1. The number of nitrogens with zero attached hydrogens (tertiary/aromatic N) is 3. The Morgan fingerprint density at radius 2 is 1.82 bits per heavy atom. The smallest absolute Gasteiger partial charge is 0.264 e. The molecular weight excluding hydrogens is 634 g/mol. The molecule has 0 spiro atoms. The van der Waals surface area contributed by atoms with Gasteiger partial charge < -0.3 is 24.9 Å². The van der Waals surface area contributed by atoms with Crippen molar-refractivity contribution in [1.29, 1.82) is 0 Å². The average molecular weight is 673 g/mol. The number of carbonyl (C=O) groups is 3. The molecule has 3 aromatic carbocycles. The Labute approximate surface area is 272 Å². The van der Waals surface area contributed by atoms with E-state index in [2.05, 4.69) is 15.9 Å². The van der Waals surface area contributed by atoms with Crippen LogP contribution in [0.3, 0.4) is 0 Å². The second-order valence-corrected chi connectivity index (χ2v) is 13.2. The second kappa shape index (κ2) is 12.9. The maximum Gasteiger partial charge on any atom is 0.264 e. The van der Waals surface area contributed by atoms with Crippen LogP contribution in [0.1, 0.15) is 54.9 Å². The molecule has 0 saturated carbocycles. The Hall–Kier alpha value is -3.79. The summed E-state index contributed by atoms with van der Waals surface area (Å²) in [6, 6.07) is 20.8. The lowest BCUT2D eigenvalue weighted by molar-refractivity contribution is -0.139. The van der Waals surface area contributed by atoms with Gasteiger partial charge in [-0.25, -0.2) is 0 Å². The largest absolute Gasteiger partial charge is 0.394 e. The number of carbonyl (C=O) groups excluding carboxylic acids is 3. The number of benzene rings is 3. The monoisotopic (exact) mass is 671 g/mol. The molecule has 0 bridgehead atoms. The maximum atomic E-state index is 14.0. The van der Waals surface area contributed by atoms with Crippen molar-refractivity contribution in [1.82, 2.24) is 4.90 Å². The first kappa shape index (κ1) is 31.2. The number of fused-ring (bicyclic) bond motifs is 2. The lowest BCUT2D eigenvalue weighted by Crippen LogP contribution is -2.46. The predicted molar refractivity (Wildman–Crippen MR) is 176 cm³/mol. The van der Waals surface area contributed by atoms with Gasteiger partial charge in [-0.2, -0.15) is 0 Å². The van der Waals surface area contributed by atoms with Crippen LogP contribution >= 0.6 is 15.9 Å². The minimum atomic E-state index is -1.82. The van der Waals surface area contributed by atoms with E-state index < -0.39 is 17.4 Å². The average Bonchev–Trinajstić information content (AvgIpc) is 3.26. The minimum Gasteiger partial charge on any atom is -0.394 e. The van der Waals surface area contributed by atoms with E-state index in [1.54, 1.807) is 34.9 Å². The second-order valence-electron chi connectivity index (χ2n) is 12.2. The number of amides is 3. The van der Waals surface area contributed by atoms with E-state index in [9.17, 15) is 24.6 Å². The highest BCUT2D eigenvalue weighted by molar-refractivity contribution is 9.10. The Morgan fingerprint density at radius 3 is 2.56 bits per heavy atom. The molecule has 3 amide bonds. The van der Waals surface area contributed by atoms with Gasteiger partial charge in [-0.1, -0.05) is 71.4 Å². The zero-order valence-electron chi connectivity index (χ0n) is 25.4. The number of rotatable bonds is 8. The summed E-state index contributed by atoms with van der Waals surface area (Å²) >= 11 is 3.50. The van der Waals surface area contributed by atoms with Crippen molar-refractivity contribution in [2.24, 2.45) is 5.92 Å². The highest BCUT2D eigenvalue weighted by Gasteiger charge is 2.52. The number of piperidine rings is 1. The van der Waals surface area contributed by atoms with E-state index in [-0.39, 0.29) is 37.4 Å². The van der Waals surface area contributed by atoms with Crippen LogP contribution in [-0.4, -0.2) is 52.0 Å². The number of halogens is 1. The first-order valence-corrected chi connectivity index (χ1v) is 16.4. The summed E-state index contributed by atoms with van der Waals surface area (Å²) < 4.78 is 0.747. The van der Waals surface area contributed by atoms with Crippen LogP contribution in [0, 0.1) is 5.92 Å². The van der Waals surface area contributed by atoms with Crippen LogP contribution in [-0.2, 0) is 39.5 Å². The third-order valence-electron chi connectivity index (χ3n) is 9.41. The van der Waals surface area contributed by atoms with Gasteiger partial charge in [0.15, 0.2) is 5.60 Å². The van der Waals surface area contributed by atoms with Crippen molar-refractivity contribution in [3.8, 4) is 0 Å². The van der Waals surface area contributed by atoms with E-state index >= 15 is 0 Å². The topological polar surface area (TPSA) is 101 Å². The summed E-state index contributed by atoms with van der Waals surface area (Å²) in [4.78, 5) is 44.8. The number of anilines is 2. The Bertz CT molecular complexity index is 1640. The molecule has 0 unspecified atom stereocenters. The third-order valence-corrected chi connectivity index (χ3v) is 9.90. The van der Waals surface area contributed by atoms with E-state index in [0.29, 0.717) is 37.2 Å². The fourth-order valence-corrected chi connectivity index (χ4v) is 7.15. The van der Waals surface area contributed by atoms with Crippen molar-refractivity contribution in [3.63, 3.8) is 0 Å². The quantitative estimate of drug-likeness (QED) is 0.320. The lowest BCUT2D eigenvalue weighted by Gasteiger charge is -2.36. The van der Waals surface area contributed by atoms with Crippen LogP contribution in [0.5, 0.6) is 0 Å². The molecule has 1 saturated heterocycles. The molecule has 9 heteroatoms. The van der Waals surface area contributed by atoms with Gasteiger partial charge in [0.2, 0.25) is 11.8 Å². The number of hydrogen-bond donors (Lipinski definition) is 2. The molecule has 0 aromatic heterocycles. The molecule has 8 nitrogen and oxygen atoms in total. The number of hydrogen-bond acceptors (Lipinski definition) is 5. The fourth-order valence-electron chi connectivity index (χ4n) is 6.79. The summed E-state index contributed by atoms with van der Waals surface area (Å²) in [6.45, 7) is 3.08. The number of aliphatic hydroxyl groups is 2. The molecule has 1 fully saturated rings. The summed E-state index contributed by atoms with van der Waals surface area (Å²) in [5.74, 6) is -1.04. The molecule has 3 atom stereocenters. The first-order valence-electron chi connectivity index (χ1n) is 15.6. The fraction of sp³-hybridized carbons (Fsp3) is 0.361. The molecule has 0 aliphatic carbocycles. The molecule has 2 N–H and O–H groups in total. The van der Waals surface area contributed by atoms with Crippen LogP contribution in [0.4, 0.5) is 11.4 Å². The van der Waals surface area contributed by atoms with Gasteiger partial charge in [-0.3, -0.25) is 14.4 Å². The summed E-state index contributed by atoms with van der Waals surface area (Å²) in [5, 5.41) is 22.0. The molecule has 0 radical (unpaired) electrons. The van der Waals surface area contributed by atoms with E-state index in [1.165, 1.54) is 0 Å². The van der Waals surface area contributed by atoms with E-state index in [0.717, 1.165) is 39.7 Å². The molecule has 3 aliphatic heterocycles. The van der Waals surface area contributed by atoms with Crippen molar-refractivity contribution < 1.29 is 24.6 Å². The minimum absolute atomic E-state index is 0.0915. The highest BCUT2D eigenvalue weighted by Crippen LogP contribution is 2.47. The van der Waals surface area contributed by atoms with Crippen molar-refractivity contribution in [2.45, 2.75) is 63.8 Å². The predicted octanol–water partition coefficient (Wildman–Crippen LogP) is 5.23. The van der Waals surface area contributed by atoms with Crippen molar-refractivity contribution in [2.75, 3.05) is 23.0 Å². The summed E-state index contributed by atoms with van der Waals surface area (Å²) in [6.07, 6.45) is 6.61. The van der Waals surface area contributed by atoms with Crippen molar-refractivity contribution >= 4 is 45.0 Å². The molecule has 3 aliphatic rings. The zero-order valence-corrected chi connectivity index (χ0v) is 26.9.